The second-order valence-corrected chi connectivity index (χ2v) is 3.67. The van der Waals surface area contributed by atoms with Crippen molar-refractivity contribution in [2.45, 2.75) is 6.42 Å². The molecule has 0 saturated heterocycles. The van der Waals surface area contributed by atoms with Crippen LogP contribution in [-0.4, -0.2) is 37.0 Å². The van der Waals surface area contributed by atoms with Gasteiger partial charge in [-0.25, -0.2) is 9.37 Å². The van der Waals surface area contributed by atoms with Crippen LogP contribution in [0.4, 0.5) is 0 Å². The first kappa shape index (κ1) is 9.90. The highest BCUT2D eigenvalue weighted by molar-refractivity contribution is 6.41. The van der Waals surface area contributed by atoms with E-state index >= 15 is 0 Å². The zero-order chi connectivity index (χ0) is 10.8. The molecule has 78 valence electrons. The van der Waals surface area contributed by atoms with E-state index in [2.05, 4.69) is 6.07 Å². The molecule has 1 aromatic rings. The highest BCUT2D eigenvalue weighted by Crippen LogP contribution is 2.15. The van der Waals surface area contributed by atoms with Crippen LogP contribution in [0.5, 0.6) is 0 Å². The molecule has 1 heterocycles. The lowest BCUT2D eigenvalue weighted by Gasteiger charge is -2.14. The molecule has 0 radical (unpaired) electrons. The number of nitrogens with zero attached hydrogens (tertiary/aromatic N) is 1. The SMILES string of the molecule is COC(=O)C1=[N+](C)CCc2ccccc21. The zero-order valence-corrected chi connectivity index (χ0v) is 8.99. The Morgan fingerprint density at radius 2 is 2.13 bits per heavy atom. The molecule has 0 spiro atoms. The average molecular weight is 204 g/mol. The van der Waals surface area contributed by atoms with Crippen LogP contribution in [0, 0.1) is 0 Å². The predicted octanol–water partition coefficient (Wildman–Crippen LogP) is 0.847. The summed E-state index contributed by atoms with van der Waals surface area (Å²) < 4.78 is 6.75. The van der Waals surface area contributed by atoms with Crippen molar-refractivity contribution in [1.29, 1.82) is 0 Å². The van der Waals surface area contributed by atoms with E-state index < -0.39 is 0 Å². The molecule has 3 nitrogen and oxygen atoms in total. The number of esters is 1. The molecule has 0 amide bonds. The van der Waals surface area contributed by atoms with Crippen LogP contribution in [0.25, 0.3) is 0 Å². The van der Waals surface area contributed by atoms with Gasteiger partial charge in [-0.3, -0.25) is 0 Å². The Kier molecular flexibility index (Phi) is 2.54. The number of benzene rings is 1. The summed E-state index contributed by atoms with van der Waals surface area (Å²) in [6.07, 6.45) is 0.979. The summed E-state index contributed by atoms with van der Waals surface area (Å²) in [5, 5.41) is 0. The van der Waals surface area contributed by atoms with Gasteiger partial charge in [-0.1, -0.05) is 18.2 Å². The minimum atomic E-state index is -0.260. The van der Waals surface area contributed by atoms with Crippen molar-refractivity contribution in [3.05, 3.63) is 35.4 Å². The average Bonchev–Trinajstić information content (AvgIpc) is 2.28. The molecule has 0 aromatic heterocycles. The third-order valence-electron chi connectivity index (χ3n) is 2.75. The molecular formula is C12H14NO2+. The largest absolute Gasteiger partial charge is 0.461 e. The highest BCUT2D eigenvalue weighted by atomic mass is 16.5. The second kappa shape index (κ2) is 3.85. The lowest BCUT2D eigenvalue weighted by Crippen LogP contribution is -2.33. The quantitative estimate of drug-likeness (QED) is 0.501. The van der Waals surface area contributed by atoms with Gasteiger partial charge in [0.25, 0.3) is 5.71 Å². The normalized spacial score (nSPS) is 14.8. The number of methoxy groups -OCH3 is 1. The van der Waals surface area contributed by atoms with Crippen molar-refractivity contribution < 1.29 is 14.1 Å². The topological polar surface area (TPSA) is 29.3 Å². The van der Waals surface area contributed by atoms with Gasteiger partial charge in [-0.2, -0.15) is 0 Å². The molecule has 3 heteroatoms. The molecule has 1 aliphatic heterocycles. The van der Waals surface area contributed by atoms with E-state index in [-0.39, 0.29) is 5.97 Å². The molecule has 1 aliphatic rings. The van der Waals surface area contributed by atoms with Gasteiger partial charge in [0.05, 0.1) is 12.7 Å². The van der Waals surface area contributed by atoms with Crippen molar-refractivity contribution in [1.82, 2.24) is 0 Å². The maximum Gasteiger partial charge on any atom is 0.403 e. The van der Waals surface area contributed by atoms with Gasteiger partial charge in [0.2, 0.25) is 0 Å². The van der Waals surface area contributed by atoms with Gasteiger partial charge in [0.1, 0.15) is 13.6 Å². The molecule has 0 saturated carbocycles. The monoisotopic (exact) mass is 204 g/mol. The highest BCUT2D eigenvalue weighted by Gasteiger charge is 2.29. The fourth-order valence-electron chi connectivity index (χ4n) is 1.94. The Bertz CT molecular complexity index is 435. The van der Waals surface area contributed by atoms with Gasteiger partial charge >= 0.3 is 5.97 Å². The lowest BCUT2D eigenvalue weighted by atomic mass is 9.97. The smallest absolute Gasteiger partial charge is 0.403 e. The number of likely N-dealkylation sites (N-methyl/N-ethyl adjacent to an activating group) is 1. The summed E-state index contributed by atoms with van der Waals surface area (Å²) in [4.78, 5) is 11.6. The fourth-order valence-corrected chi connectivity index (χ4v) is 1.94. The standard InChI is InChI=1S/C12H14NO2/c1-13-8-7-9-5-3-4-6-10(9)11(13)12(14)15-2/h3-6H,7-8H2,1-2H3/q+1. The Hall–Kier alpha value is -1.64. The molecular weight excluding hydrogens is 190 g/mol. The van der Waals surface area contributed by atoms with E-state index in [4.69, 9.17) is 4.74 Å². The predicted molar refractivity (Wildman–Crippen MR) is 57.3 cm³/mol. The lowest BCUT2D eigenvalue weighted by molar-refractivity contribution is -0.497. The number of rotatable bonds is 1. The van der Waals surface area contributed by atoms with Crippen LogP contribution < -0.4 is 0 Å². The summed E-state index contributed by atoms with van der Waals surface area (Å²) in [7, 11) is 3.34. The molecule has 15 heavy (non-hydrogen) atoms. The Labute approximate surface area is 89.0 Å². The molecule has 0 N–H and O–H groups in total. The molecule has 2 rings (SSSR count). The number of carbonyl (C=O) groups is 1. The van der Waals surface area contributed by atoms with Gasteiger partial charge < -0.3 is 4.74 Å². The third-order valence-corrected chi connectivity index (χ3v) is 2.75. The zero-order valence-electron chi connectivity index (χ0n) is 8.99. The van der Waals surface area contributed by atoms with Gasteiger partial charge in [-0.05, 0) is 11.6 Å². The van der Waals surface area contributed by atoms with E-state index in [0.717, 1.165) is 18.5 Å². The Morgan fingerprint density at radius 1 is 1.40 bits per heavy atom. The van der Waals surface area contributed by atoms with Crippen LogP contribution in [0.2, 0.25) is 0 Å². The minimum Gasteiger partial charge on any atom is -0.461 e. The van der Waals surface area contributed by atoms with Crippen LogP contribution >= 0.6 is 0 Å². The Morgan fingerprint density at radius 3 is 2.87 bits per heavy atom. The molecule has 0 fully saturated rings. The first-order valence-electron chi connectivity index (χ1n) is 4.98. The van der Waals surface area contributed by atoms with Gasteiger partial charge in [-0.15, -0.1) is 0 Å². The number of hydrogen-bond acceptors (Lipinski definition) is 2. The van der Waals surface area contributed by atoms with E-state index in [1.54, 1.807) is 0 Å². The van der Waals surface area contributed by atoms with Crippen LogP contribution in [0.3, 0.4) is 0 Å². The summed E-state index contributed by atoms with van der Waals surface area (Å²) in [5.41, 5.74) is 2.88. The van der Waals surface area contributed by atoms with Crippen molar-refractivity contribution in [3.8, 4) is 0 Å². The fraction of sp³-hybridized carbons (Fsp3) is 0.333. The van der Waals surface area contributed by atoms with Gasteiger partial charge in [0.15, 0.2) is 0 Å². The number of hydrogen-bond donors (Lipinski definition) is 0. The summed E-state index contributed by atoms with van der Waals surface area (Å²) in [5.74, 6) is -0.260. The van der Waals surface area contributed by atoms with Crippen LogP contribution in [0.1, 0.15) is 11.1 Å². The first-order valence-corrected chi connectivity index (χ1v) is 4.98. The Balaban J connectivity index is 2.55. The first-order chi connectivity index (χ1) is 7.24. The van der Waals surface area contributed by atoms with E-state index in [0.29, 0.717) is 5.71 Å². The molecule has 0 bridgehead atoms. The number of fused-ring (bicyclic) bond motifs is 1. The van der Waals surface area contributed by atoms with E-state index in [1.807, 2.05) is 29.8 Å². The molecule has 0 atom stereocenters. The molecule has 1 aromatic carbocycles. The van der Waals surface area contributed by atoms with Gasteiger partial charge in [0, 0.05) is 6.42 Å². The van der Waals surface area contributed by atoms with Crippen LogP contribution in [0.15, 0.2) is 24.3 Å². The number of carbonyl (C=O) groups excluding carboxylic acids is 1. The minimum absolute atomic E-state index is 0.260. The second-order valence-electron chi connectivity index (χ2n) is 3.67. The van der Waals surface area contributed by atoms with Crippen molar-refractivity contribution in [2.75, 3.05) is 20.7 Å². The van der Waals surface area contributed by atoms with E-state index in [1.165, 1.54) is 12.7 Å². The third kappa shape index (κ3) is 1.65. The summed E-state index contributed by atoms with van der Waals surface area (Å²) >= 11 is 0. The summed E-state index contributed by atoms with van der Waals surface area (Å²) in [6, 6.07) is 7.97. The van der Waals surface area contributed by atoms with Crippen LogP contribution in [-0.2, 0) is 16.0 Å². The molecule has 0 aliphatic carbocycles. The number of ether oxygens (including phenoxy) is 1. The maximum absolute atomic E-state index is 11.6. The van der Waals surface area contributed by atoms with Crippen molar-refractivity contribution >= 4 is 11.7 Å². The molecule has 0 unspecified atom stereocenters. The van der Waals surface area contributed by atoms with Crippen molar-refractivity contribution in [2.24, 2.45) is 0 Å². The van der Waals surface area contributed by atoms with Crippen molar-refractivity contribution in [3.63, 3.8) is 0 Å². The maximum atomic E-state index is 11.6. The summed E-state index contributed by atoms with van der Waals surface area (Å²) in [6.45, 7) is 0.863. The van der Waals surface area contributed by atoms with E-state index in [9.17, 15) is 4.79 Å².